The molecule has 0 atom stereocenters. The van der Waals surface area contributed by atoms with Crippen LogP contribution in [0.15, 0.2) is 42.6 Å². The summed E-state index contributed by atoms with van der Waals surface area (Å²) in [5, 5.41) is 0. The minimum absolute atomic E-state index is 0.248. The van der Waals surface area contributed by atoms with Crippen LogP contribution in [0, 0.1) is 6.92 Å². The average Bonchev–Trinajstić information content (AvgIpc) is 2.28. The Morgan fingerprint density at radius 3 is 2.50 bits per heavy atom. The van der Waals surface area contributed by atoms with Gasteiger partial charge in [-0.3, -0.25) is 4.98 Å². The van der Waals surface area contributed by atoms with Gasteiger partial charge in [0.25, 0.3) is 0 Å². The predicted molar refractivity (Wildman–Crippen MR) is 61.1 cm³/mol. The monoisotopic (exact) mass is 253 g/mol. The second-order valence-electron chi connectivity index (χ2n) is 3.80. The summed E-state index contributed by atoms with van der Waals surface area (Å²) in [6, 6.07) is 9.34. The minimum atomic E-state index is -4.68. The van der Waals surface area contributed by atoms with Crippen molar-refractivity contribution < 1.29 is 17.9 Å². The molecule has 1 aromatic heterocycles. The first-order valence-corrected chi connectivity index (χ1v) is 5.23. The van der Waals surface area contributed by atoms with Gasteiger partial charge in [0.05, 0.1) is 5.69 Å². The first kappa shape index (κ1) is 12.4. The number of nitrogens with zero attached hydrogens (tertiary/aromatic N) is 1. The molecule has 0 fully saturated rings. The highest BCUT2D eigenvalue weighted by molar-refractivity contribution is 5.61. The van der Waals surface area contributed by atoms with Crippen LogP contribution in [0.2, 0.25) is 0 Å². The Labute approximate surface area is 102 Å². The Bertz CT molecular complexity index is 535. The van der Waals surface area contributed by atoms with Gasteiger partial charge in [-0.1, -0.05) is 18.2 Å². The van der Waals surface area contributed by atoms with E-state index in [0.29, 0.717) is 11.3 Å². The number of alkyl halides is 3. The van der Waals surface area contributed by atoms with Crippen molar-refractivity contribution in [2.24, 2.45) is 0 Å². The summed E-state index contributed by atoms with van der Waals surface area (Å²) in [7, 11) is 0. The largest absolute Gasteiger partial charge is 0.573 e. The van der Waals surface area contributed by atoms with E-state index in [0.717, 1.165) is 5.56 Å². The Kier molecular flexibility index (Phi) is 3.23. The third-order valence-corrected chi connectivity index (χ3v) is 2.27. The van der Waals surface area contributed by atoms with E-state index in [9.17, 15) is 13.2 Å². The molecule has 0 aliphatic rings. The molecule has 0 amide bonds. The van der Waals surface area contributed by atoms with Crippen LogP contribution in [0.5, 0.6) is 5.75 Å². The zero-order valence-corrected chi connectivity index (χ0v) is 9.53. The van der Waals surface area contributed by atoms with Crippen LogP contribution in [0.4, 0.5) is 13.2 Å². The highest BCUT2D eigenvalue weighted by Crippen LogP contribution is 2.27. The summed E-state index contributed by atoms with van der Waals surface area (Å²) in [5.74, 6) is -0.248. The van der Waals surface area contributed by atoms with E-state index in [1.165, 1.54) is 18.2 Å². The van der Waals surface area contributed by atoms with Crippen LogP contribution in [-0.4, -0.2) is 11.3 Å². The van der Waals surface area contributed by atoms with Crippen molar-refractivity contribution in [3.8, 4) is 17.0 Å². The summed E-state index contributed by atoms with van der Waals surface area (Å²) < 4.78 is 40.1. The predicted octanol–water partition coefficient (Wildman–Crippen LogP) is 3.96. The van der Waals surface area contributed by atoms with Crippen molar-refractivity contribution in [3.63, 3.8) is 0 Å². The van der Waals surface area contributed by atoms with Crippen molar-refractivity contribution in [2.75, 3.05) is 0 Å². The molecule has 0 N–H and O–H groups in total. The second-order valence-corrected chi connectivity index (χ2v) is 3.80. The standard InChI is InChI=1S/C13H10F3NO/c1-9-5-6-12(17-8-9)10-3-2-4-11(7-10)18-13(14,15)16/h2-8H,1H3. The topological polar surface area (TPSA) is 22.1 Å². The van der Waals surface area contributed by atoms with Gasteiger partial charge in [0.1, 0.15) is 5.75 Å². The zero-order chi connectivity index (χ0) is 13.2. The van der Waals surface area contributed by atoms with Crippen LogP contribution in [0.3, 0.4) is 0 Å². The molecule has 1 heterocycles. The first-order chi connectivity index (χ1) is 8.44. The van der Waals surface area contributed by atoms with Crippen molar-refractivity contribution in [1.29, 1.82) is 0 Å². The number of aromatic nitrogens is 1. The number of halogens is 3. The Morgan fingerprint density at radius 2 is 1.89 bits per heavy atom. The number of hydrogen-bond acceptors (Lipinski definition) is 2. The molecule has 0 saturated heterocycles. The van der Waals surface area contributed by atoms with Gasteiger partial charge in [-0.25, -0.2) is 0 Å². The summed E-state index contributed by atoms with van der Waals surface area (Å²) in [5.41, 5.74) is 2.17. The number of pyridine rings is 1. The maximum Gasteiger partial charge on any atom is 0.573 e. The molecule has 0 saturated carbocycles. The third-order valence-electron chi connectivity index (χ3n) is 2.27. The minimum Gasteiger partial charge on any atom is -0.406 e. The average molecular weight is 253 g/mol. The summed E-state index contributed by atoms with van der Waals surface area (Å²) >= 11 is 0. The summed E-state index contributed by atoms with van der Waals surface area (Å²) in [6.07, 6.45) is -3.02. The molecule has 0 spiro atoms. The number of ether oxygens (including phenoxy) is 1. The van der Waals surface area contributed by atoms with Gasteiger partial charge in [0.2, 0.25) is 0 Å². The number of hydrogen-bond donors (Lipinski definition) is 0. The number of aryl methyl sites for hydroxylation is 1. The van der Waals surface area contributed by atoms with Crippen LogP contribution >= 0.6 is 0 Å². The highest BCUT2D eigenvalue weighted by atomic mass is 19.4. The molecule has 5 heteroatoms. The lowest BCUT2D eigenvalue weighted by atomic mass is 10.1. The molecule has 2 aromatic rings. The van der Waals surface area contributed by atoms with E-state index in [-0.39, 0.29) is 5.75 Å². The van der Waals surface area contributed by atoms with Gasteiger partial charge in [0, 0.05) is 11.8 Å². The molecule has 0 bridgehead atoms. The summed E-state index contributed by atoms with van der Waals surface area (Å²) in [6.45, 7) is 1.89. The van der Waals surface area contributed by atoms with Gasteiger partial charge >= 0.3 is 6.36 Å². The quantitative estimate of drug-likeness (QED) is 0.808. The Hall–Kier alpha value is -2.04. The van der Waals surface area contributed by atoms with Gasteiger partial charge in [-0.15, -0.1) is 13.2 Å². The van der Waals surface area contributed by atoms with Crippen LogP contribution in [-0.2, 0) is 0 Å². The molecular formula is C13H10F3NO. The normalized spacial score (nSPS) is 11.3. The lowest BCUT2D eigenvalue weighted by molar-refractivity contribution is -0.274. The Morgan fingerprint density at radius 1 is 1.11 bits per heavy atom. The fourth-order valence-corrected chi connectivity index (χ4v) is 1.49. The van der Waals surface area contributed by atoms with E-state index in [1.807, 2.05) is 13.0 Å². The van der Waals surface area contributed by atoms with Crippen LogP contribution in [0.25, 0.3) is 11.3 Å². The molecule has 2 rings (SSSR count). The lowest BCUT2D eigenvalue weighted by Gasteiger charge is -2.09. The lowest BCUT2D eigenvalue weighted by Crippen LogP contribution is -2.17. The molecule has 1 aromatic carbocycles. The van der Waals surface area contributed by atoms with Crippen LogP contribution < -0.4 is 4.74 Å². The van der Waals surface area contributed by atoms with Gasteiger partial charge in [-0.05, 0) is 30.7 Å². The maximum absolute atomic E-state index is 12.1. The summed E-state index contributed by atoms with van der Waals surface area (Å²) in [4.78, 5) is 4.15. The maximum atomic E-state index is 12.1. The van der Waals surface area contributed by atoms with Gasteiger partial charge < -0.3 is 4.74 Å². The van der Waals surface area contributed by atoms with Crippen LogP contribution in [0.1, 0.15) is 5.56 Å². The third kappa shape index (κ3) is 3.23. The zero-order valence-electron chi connectivity index (χ0n) is 9.53. The van der Waals surface area contributed by atoms with E-state index in [4.69, 9.17) is 0 Å². The SMILES string of the molecule is Cc1ccc(-c2cccc(OC(F)(F)F)c2)nc1. The fourth-order valence-electron chi connectivity index (χ4n) is 1.49. The first-order valence-electron chi connectivity index (χ1n) is 5.23. The van der Waals surface area contributed by atoms with E-state index < -0.39 is 6.36 Å². The van der Waals surface area contributed by atoms with E-state index >= 15 is 0 Å². The highest BCUT2D eigenvalue weighted by Gasteiger charge is 2.31. The molecule has 0 aliphatic heterocycles. The molecule has 0 radical (unpaired) electrons. The fraction of sp³-hybridized carbons (Fsp3) is 0.154. The molecule has 94 valence electrons. The number of benzene rings is 1. The Balaban J connectivity index is 2.29. The van der Waals surface area contributed by atoms with E-state index in [1.54, 1.807) is 18.3 Å². The van der Waals surface area contributed by atoms with Crippen molar-refractivity contribution in [3.05, 3.63) is 48.2 Å². The molecule has 0 unspecified atom stereocenters. The van der Waals surface area contributed by atoms with Gasteiger partial charge in [0.15, 0.2) is 0 Å². The van der Waals surface area contributed by atoms with Gasteiger partial charge in [-0.2, -0.15) is 0 Å². The van der Waals surface area contributed by atoms with Crippen molar-refractivity contribution in [2.45, 2.75) is 13.3 Å². The molecule has 2 nitrogen and oxygen atoms in total. The number of rotatable bonds is 2. The van der Waals surface area contributed by atoms with Crippen molar-refractivity contribution >= 4 is 0 Å². The second kappa shape index (κ2) is 4.68. The molecular weight excluding hydrogens is 243 g/mol. The molecule has 0 aliphatic carbocycles. The molecule has 18 heavy (non-hydrogen) atoms. The van der Waals surface area contributed by atoms with E-state index in [2.05, 4.69) is 9.72 Å². The van der Waals surface area contributed by atoms with Crippen molar-refractivity contribution in [1.82, 2.24) is 4.98 Å². The smallest absolute Gasteiger partial charge is 0.406 e.